The fraction of sp³-hybridized carbons (Fsp3) is 0.0526. The maximum absolute atomic E-state index is 13.0. The molecule has 0 aliphatic heterocycles. The molecule has 0 saturated carbocycles. The molecule has 3 heterocycles. The summed E-state index contributed by atoms with van der Waals surface area (Å²) in [6, 6.07) is 13.8. The highest BCUT2D eigenvalue weighted by Gasteiger charge is 2.16. The molecule has 0 spiro atoms. The highest BCUT2D eigenvalue weighted by Crippen LogP contribution is 2.18. The molecular weight excluding hydrogens is 396 g/mol. The molecule has 3 aromatic heterocycles. The van der Waals surface area contributed by atoms with Crippen LogP contribution in [0.2, 0.25) is 0 Å². The summed E-state index contributed by atoms with van der Waals surface area (Å²) in [5.74, 6) is 0. The van der Waals surface area contributed by atoms with Crippen LogP contribution < -0.4 is 11.1 Å². The quantitative estimate of drug-likeness (QED) is 0.455. The number of nitriles is 1. The fourth-order valence-corrected chi connectivity index (χ4v) is 3.29. The van der Waals surface area contributed by atoms with E-state index in [2.05, 4.69) is 20.9 Å². The highest BCUT2D eigenvalue weighted by atomic mass is 79.9. The van der Waals surface area contributed by atoms with Gasteiger partial charge in [0.2, 0.25) is 0 Å². The van der Waals surface area contributed by atoms with Crippen molar-refractivity contribution in [2.45, 2.75) is 6.92 Å². The number of pyridine rings is 2. The largest absolute Gasteiger partial charge is 0.274 e. The Morgan fingerprint density at radius 2 is 1.92 bits per heavy atom. The van der Waals surface area contributed by atoms with Crippen LogP contribution in [0.3, 0.4) is 0 Å². The minimum atomic E-state index is -0.513. The summed E-state index contributed by atoms with van der Waals surface area (Å²) in [5.41, 5.74) is 1.14. The zero-order valence-corrected chi connectivity index (χ0v) is 15.2. The van der Waals surface area contributed by atoms with Crippen LogP contribution in [-0.2, 0) is 0 Å². The van der Waals surface area contributed by atoms with Gasteiger partial charge >= 0.3 is 0 Å². The van der Waals surface area contributed by atoms with Crippen LogP contribution in [0.25, 0.3) is 22.4 Å². The van der Waals surface area contributed by atoms with E-state index in [0.717, 1.165) is 10.0 Å². The molecule has 0 aliphatic rings. The van der Waals surface area contributed by atoms with Crippen LogP contribution in [0.15, 0.2) is 62.7 Å². The number of nitrogens with zero attached hydrogens (tertiary/aromatic N) is 4. The Hall–Kier alpha value is -3.24. The average Bonchev–Trinajstić information content (AvgIpc) is 2.62. The number of hydrogen-bond donors (Lipinski definition) is 0. The predicted molar refractivity (Wildman–Crippen MR) is 102 cm³/mol. The maximum Gasteiger partial charge on any atom is 0.274 e. The van der Waals surface area contributed by atoms with Crippen LogP contribution in [0.1, 0.15) is 11.1 Å². The Labute approximate surface area is 155 Å². The first-order chi connectivity index (χ1) is 12.5. The van der Waals surface area contributed by atoms with Gasteiger partial charge in [0.15, 0.2) is 5.65 Å². The molecule has 0 aliphatic carbocycles. The first-order valence-electron chi connectivity index (χ1n) is 7.74. The van der Waals surface area contributed by atoms with Gasteiger partial charge < -0.3 is 0 Å². The van der Waals surface area contributed by atoms with E-state index in [-0.39, 0.29) is 22.2 Å². The minimum Gasteiger partial charge on any atom is -0.268 e. The zero-order chi connectivity index (χ0) is 18.4. The summed E-state index contributed by atoms with van der Waals surface area (Å²) in [6.07, 6.45) is 1.69. The third-order valence-corrected chi connectivity index (χ3v) is 4.60. The standard InChI is InChI=1S/C19H11BrN4O2/c1-11-5-6-16-22-17-15(19(26)23(16)10-11)7-12(9-21)18(25)24(17)14-4-2-3-13(20)8-14/h2-8,10H,1H3. The van der Waals surface area contributed by atoms with E-state index in [4.69, 9.17) is 0 Å². The van der Waals surface area contributed by atoms with Gasteiger partial charge in [-0.2, -0.15) is 5.26 Å². The van der Waals surface area contributed by atoms with E-state index in [1.54, 1.807) is 30.5 Å². The molecule has 0 fully saturated rings. The van der Waals surface area contributed by atoms with Gasteiger partial charge in [-0.05, 0) is 42.8 Å². The lowest BCUT2D eigenvalue weighted by Crippen LogP contribution is -2.26. The Kier molecular flexibility index (Phi) is 3.71. The SMILES string of the molecule is Cc1ccc2nc3c(cc(C#N)c(=O)n3-c3cccc(Br)c3)c(=O)n2c1. The van der Waals surface area contributed by atoms with Crippen LogP contribution in [0.4, 0.5) is 0 Å². The average molecular weight is 407 g/mol. The molecule has 7 heteroatoms. The molecular formula is C19H11BrN4O2. The van der Waals surface area contributed by atoms with E-state index in [1.807, 2.05) is 25.1 Å². The molecule has 0 N–H and O–H groups in total. The summed E-state index contributed by atoms with van der Waals surface area (Å²) in [7, 11) is 0. The Balaban J connectivity index is 2.27. The van der Waals surface area contributed by atoms with E-state index in [9.17, 15) is 14.9 Å². The van der Waals surface area contributed by atoms with Crippen molar-refractivity contribution in [1.82, 2.24) is 14.0 Å². The minimum absolute atomic E-state index is 0.107. The summed E-state index contributed by atoms with van der Waals surface area (Å²) in [6.45, 7) is 1.87. The maximum atomic E-state index is 13.0. The Bertz CT molecular complexity index is 1360. The first kappa shape index (κ1) is 16.2. The van der Waals surface area contributed by atoms with Gasteiger partial charge in [0.25, 0.3) is 11.1 Å². The summed E-state index contributed by atoms with van der Waals surface area (Å²) in [4.78, 5) is 30.3. The first-order valence-corrected chi connectivity index (χ1v) is 8.54. The van der Waals surface area contributed by atoms with Gasteiger partial charge in [0.05, 0.1) is 11.1 Å². The third-order valence-electron chi connectivity index (χ3n) is 4.11. The second-order valence-corrected chi connectivity index (χ2v) is 6.79. The molecule has 4 rings (SSSR count). The van der Waals surface area contributed by atoms with Gasteiger partial charge in [-0.1, -0.05) is 28.1 Å². The van der Waals surface area contributed by atoms with E-state index >= 15 is 0 Å². The van der Waals surface area contributed by atoms with Crippen molar-refractivity contribution in [2.75, 3.05) is 0 Å². The number of fused-ring (bicyclic) bond motifs is 2. The van der Waals surface area contributed by atoms with Gasteiger partial charge in [-0.15, -0.1) is 0 Å². The molecule has 0 amide bonds. The fourth-order valence-electron chi connectivity index (χ4n) is 2.90. The topological polar surface area (TPSA) is 80.2 Å². The molecule has 126 valence electrons. The van der Waals surface area contributed by atoms with Crippen molar-refractivity contribution in [2.24, 2.45) is 0 Å². The lowest BCUT2D eigenvalue weighted by atomic mass is 10.2. The lowest BCUT2D eigenvalue weighted by Gasteiger charge is -2.12. The lowest BCUT2D eigenvalue weighted by molar-refractivity contribution is 0.980. The molecule has 4 aromatic rings. The van der Waals surface area contributed by atoms with Crippen LogP contribution in [0, 0.1) is 18.3 Å². The second-order valence-electron chi connectivity index (χ2n) is 5.88. The number of aryl methyl sites for hydroxylation is 1. The van der Waals surface area contributed by atoms with E-state index in [0.29, 0.717) is 11.3 Å². The van der Waals surface area contributed by atoms with Crippen molar-refractivity contribution < 1.29 is 0 Å². The molecule has 0 atom stereocenters. The van der Waals surface area contributed by atoms with Gasteiger partial charge in [-0.25, -0.2) is 4.98 Å². The van der Waals surface area contributed by atoms with Crippen molar-refractivity contribution in [3.8, 4) is 11.8 Å². The van der Waals surface area contributed by atoms with Gasteiger partial charge in [0.1, 0.15) is 17.3 Å². The number of hydrogen-bond acceptors (Lipinski definition) is 4. The molecule has 26 heavy (non-hydrogen) atoms. The summed E-state index contributed by atoms with van der Waals surface area (Å²) >= 11 is 3.38. The number of benzene rings is 1. The van der Waals surface area contributed by atoms with Crippen molar-refractivity contribution in [1.29, 1.82) is 5.26 Å². The van der Waals surface area contributed by atoms with E-state index in [1.165, 1.54) is 15.0 Å². The van der Waals surface area contributed by atoms with Crippen LogP contribution in [0.5, 0.6) is 0 Å². The molecule has 6 nitrogen and oxygen atoms in total. The second kappa shape index (κ2) is 5.93. The normalized spacial score (nSPS) is 11.0. The molecule has 0 unspecified atom stereocenters. The summed E-state index contributed by atoms with van der Waals surface area (Å²) in [5, 5.41) is 9.56. The molecule has 0 saturated heterocycles. The van der Waals surface area contributed by atoms with Crippen LogP contribution >= 0.6 is 15.9 Å². The number of aromatic nitrogens is 3. The highest BCUT2D eigenvalue weighted by molar-refractivity contribution is 9.10. The van der Waals surface area contributed by atoms with Crippen molar-refractivity contribution in [3.05, 3.63) is 85.0 Å². The van der Waals surface area contributed by atoms with E-state index < -0.39 is 5.56 Å². The van der Waals surface area contributed by atoms with Crippen molar-refractivity contribution >= 4 is 32.6 Å². The molecule has 0 radical (unpaired) electrons. The Morgan fingerprint density at radius 3 is 2.65 bits per heavy atom. The monoisotopic (exact) mass is 406 g/mol. The van der Waals surface area contributed by atoms with Crippen LogP contribution in [-0.4, -0.2) is 14.0 Å². The summed E-state index contributed by atoms with van der Waals surface area (Å²) < 4.78 is 3.50. The van der Waals surface area contributed by atoms with Gasteiger partial charge in [0, 0.05) is 10.7 Å². The molecule has 1 aromatic carbocycles. The zero-order valence-electron chi connectivity index (χ0n) is 13.6. The van der Waals surface area contributed by atoms with Crippen molar-refractivity contribution in [3.63, 3.8) is 0 Å². The predicted octanol–water partition coefficient (Wildman–Crippen LogP) is 2.94. The molecule has 0 bridgehead atoms. The van der Waals surface area contributed by atoms with Gasteiger partial charge in [-0.3, -0.25) is 18.6 Å². The number of rotatable bonds is 1. The third kappa shape index (κ3) is 2.43. The Morgan fingerprint density at radius 1 is 1.12 bits per heavy atom. The number of halogens is 1. The smallest absolute Gasteiger partial charge is 0.268 e.